The molecule has 3 heterocycles. The lowest BCUT2D eigenvalue weighted by molar-refractivity contribution is 0.729. The molecule has 1 aliphatic rings. The van der Waals surface area contributed by atoms with Crippen LogP contribution in [0.25, 0.3) is 22.4 Å². The minimum Gasteiger partial charge on any atom is -0.341 e. The molecule has 0 unspecified atom stereocenters. The zero-order chi connectivity index (χ0) is 15.1. The summed E-state index contributed by atoms with van der Waals surface area (Å²) in [4.78, 5) is 2.32. The van der Waals surface area contributed by atoms with Crippen molar-refractivity contribution in [1.29, 1.82) is 0 Å². The average molecular weight is 296 g/mol. The van der Waals surface area contributed by atoms with E-state index in [-0.39, 0.29) is 0 Å². The predicted molar refractivity (Wildman–Crippen MR) is 86.9 cm³/mol. The van der Waals surface area contributed by atoms with Gasteiger partial charge in [0, 0.05) is 32.1 Å². The minimum absolute atomic E-state index is 0.846. The number of para-hydroxylation sites is 1. The van der Waals surface area contributed by atoms with E-state index in [9.17, 15) is 0 Å². The Kier molecular flexibility index (Phi) is 3.10. The van der Waals surface area contributed by atoms with Crippen molar-refractivity contribution in [2.24, 2.45) is 7.05 Å². The van der Waals surface area contributed by atoms with Gasteiger partial charge in [-0.1, -0.05) is 18.2 Å². The number of nitrogens with zero attached hydrogens (tertiary/aromatic N) is 6. The molecule has 3 aromatic rings. The average Bonchev–Trinajstić information content (AvgIpc) is 3.25. The molecule has 0 bridgehead atoms. The van der Waals surface area contributed by atoms with E-state index in [2.05, 4.69) is 43.8 Å². The van der Waals surface area contributed by atoms with E-state index in [4.69, 9.17) is 0 Å². The number of fused-ring (bicyclic) bond motifs is 1. The predicted octanol–water partition coefficient (Wildman–Crippen LogP) is 2.45. The molecule has 1 aliphatic heterocycles. The van der Waals surface area contributed by atoms with Gasteiger partial charge in [0.25, 0.3) is 0 Å². The minimum atomic E-state index is 0.846. The fourth-order valence-corrected chi connectivity index (χ4v) is 3.29. The van der Waals surface area contributed by atoms with Crippen LogP contribution in [0, 0.1) is 0 Å². The quantitative estimate of drug-likeness (QED) is 0.745. The summed E-state index contributed by atoms with van der Waals surface area (Å²) in [6.45, 7) is 5.12. The number of hydrogen-bond acceptors (Lipinski definition) is 4. The number of benzene rings is 1. The van der Waals surface area contributed by atoms with Crippen molar-refractivity contribution < 1.29 is 0 Å². The van der Waals surface area contributed by atoms with Gasteiger partial charge >= 0.3 is 0 Å². The number of anilines is 1. The van der Waals surface area contributed by atoms with Gasteiger partial charge in [-0.3, -0.25) is 9.25 Å². The summed E-state index contributed by atoms with van der Waals surface area (Å²) in [7, 11) is 1.97. The van der Waals surface area contributed by atoms with Crippen LogP contribution in [0.5, 0.6) is 0 Å². The first-order valence-electron chi connectivity index (χ1n) is 7.90. The summed E-state index contributed by atoms with van der Waals surface area (Å²) in [6, 6.07) is 8.26. The number of aryl methyl sites for hydroxylation is 1. The third-order valence-electron chi connectivity index (χ3n) is 4.41. The molecule has 0 spiro atoms. The summed E-state index contributed by atoms with van der Waals surface area (Å²) in [5.41, 5.74) is 2.03. The molecule has 0 atom stereocenters. The summed E-state index contributed by atoms with van der Waals surface area (Å²) in [6.07, 6.45) is 2.47. The van der Waals surface area contributed by atoms with Crippen molar-refractivity contribution in [1.82, 2.24) is 24.5 Å². The fraction of sp³-hybridized carbons (Fsp3) is 0.438. The van der Waals surface area contributed by atoms with Crippen molar-refractivity contribution in [2.75, 3.05) is 18.0 Å². The van der Waals surface area contributed by atoms with Crippen LogP contribution < -0.4 is 4.90 Å². The van der Waals surface area contributed by atoms with Crippen LogP contribution in [0.1, 0.15) is 19.8 Å². The summed E-state index contributed by atoms with van der Waals surface area (Å²) >= 11 is 0. The van der Waals surface area contributed by atoms with E-state index < -0.39 is 0 Å². The van der Waals surface area contributed by atoms with Gasteiger partial charge in [-0.2, -0.15) is 5.10 Å². The maximum absolute atomic E-state index is 4.68. The third-order valence-corrected chi connectivity index (χ3v) is 4.41. The Morgan fingerprint density at radius 1 is 1.09 bits per heavy atom. The van der Waals surface area contributed by atoms with Crippen molar-refractivity contribution in [3.05, 3.63) is 24.3 Å². The van der Waals surface area contributed by atoms with E-state index >= 15 is 0 Å². The highest BCUT2D eigenvalue weighted by Gasteiger charge is 2.23. The number of hydrogen-bond donors (Lipinski definition) is 0. The lowest BCUT2D eigenvalue weighted by atomic mass is 10.2. The zero-order valence-corrected chi connectivity index (χ0v) is 13.0. The molecule has 22 heavy (non-hydrogen) atoms. The Balaban J connectivity index is 1.88. The third kappa shape index (κ3) is 1.90. The molecule has 1 saturated heterocycles. The van der Waals surface area contributed by atoms with Crippen LogP contribution in [-0.2, 0) is 13.6 Å². The molecule has 2 aromatic heterocycles. The molecule has 0 radical (unpaired) electrons. The maximum atomic E-state index is 4.68. The molecular weight excluding hydrogens is 276 g/mol. The topological polar surface area (TPSA) is 51.8 Å². The summed E-state index contributed by atoms with van der Waals surface area (Å²) < 4.78 is 4.09. The highest BCUT2D eigenvalue weighted by Crippen LogP contribution is 2.29. The zero-order valence-electron chi connectivity index (χ0n) is 13.0. The van der Waals surface area contributed by atoms with E-state index in [0.29, 0.717) is 0 Å². The molecular formula is C16H20N6. The molecule has 0 saturated carbocycles. The second-order valence-corrected chi connectivity index (χ2v) is 5.75. The van der Waals surface area contributed by atoms with E-state index in [0.717, 1.165) is 48.0 Å². The first-order chi connectivity index (χ1) is 10.8. The Morgan fingerprint density at radius 2 is 1.86 bits per heavy atom. The van der Waals surface area contributed by atoms with Gasteiger partial charge in [0.2, 0.25) is 5.95 Å². The summed E-state index contributed by atoms with van der Waals surface area (Å²) in [5, 5.41) is 14.7. The van der Waals surface area contributed by atoms with Crippen LogP contribution in [-0.4, -0.2) is 37.6 Å². The SMILES string of the molecule is CCn1c(-c2nn(C)c3ccccc23)nnc1N1CCCC1. The van der Waals surface area contributed by atoms with E-state index in [1.807, 2.05) is 23.9 Å². The van der Waals surface area contributed by atoms with Crippen molar-refractivity contribution in [3.63, 3.8) is 0 Å². The Morgan fingerprint density at radius 3 is 2.64 bits per heavy atom. The highest BCUT2D eigenvalue weighted by molar-refractivity contribution is 5.91. The van der Waals surface area contributed by atoms with Crippen LogP contribution >= 0.6 is 0 Å². The van der Waals surface area contributed by atoms with Gasteiger partial charge in [-0.05, 0) is 25.8 Å². The van der Waals surface area contributed by atoms with Gasteiger partial charge < -0.3 is 4.90 Å². The van der Waals surface area contributed by atoms with Crippen LogP contribution in [0.15, 0.2) is 24.3 Å². The van der Waals surface area contributed by atoms with Crippen LogP contribution in [0.3, 0.4) is 0 Å². The molecule has 6 nitrogen and oxygen atoms in total. The van der Waals surface area contributed by atoms with Gasteiger partial charge in [-0.15, -0.1) is 10.2 Å². The summed E-state index contributed by atoms with van der Waals surface area (Å²) in [5.74, 6) is 1.84. The lowest BCUT2D eigenvalue weighted by Gasteiger charge is -2.17. The second-order valence-electron chi connectivity index (χ2n) is 5.75. The molecule has 1 aromatic carbocycles. The normalized spacial score (nSPS) is 15.1. The smallest absolute Gasteiger partial charge is 0.227 e. The largest absolute Gasteiger partial charge is 0.341 e. The van der Waals surface area contributed by atoms with Crippen molar-refractivity contribution in [3.8, 4) is 11.5 Å². The van der Waals surface area contributed by atoms with Gasteiger partial charge in [0.05, 0.1) is 5.52 Å². The maximum Gasteiger partial charge on any atom is 0.227 e. The Hall–Kier alpha value is -2.37. The molecule has 6 heteroatoms. The van der Waals surface area contributed by atoms with Crippen molar-refractivity contribution in [2.45, 2.75) is 26.3 Å². The van der Waals surface area contributed by atoms with Gasteiger partial charge in [0.15, 0.2) is 5.82 Å². The Labute approximate surface area is 129 Å². The highest BCUT2D eigenvalue weighted by atomic mass is 15.4. The molecule has 0 amide bonds. The monoisotopic (exact) mass is 296 g/mol. The molecule has 0 aliphatic carbocycles. The van der Waals surface area contributed by atoms with Crippen LogP contribution in [0.2, 0.25) is 0 Å². The number of rotatable bonds is 3. The van der Waals surface area contributed by atoms with Crippen LogP contribution in [0.4, 0.5) is 5.95 Å². The first kappa shape index (κ1) is 13.3. The van der Waals surface area contributed by atoms with Crippen molar-refractivity contribution >= 4 is 16.9 Å². The van der Waals surface area contributed by atoms with E-state index in [1.54, 1.807) is 0 Å². The molecule has 0 N–H and O–H groups in total. The molecule has 4 rings (SSSR count). The Bertz CT molecular complexity index is 809. The standard InChI is InChI=1S/C16H20N6/c1-3-22-15(17-18-16(22)21-10-6-7-11-21)14-12-8-4-5-9-13(12)20(2)19-14/h4-5,8-9H,3,6-7,10-11H2,1-2H3. The van der Waals surface area contributed by atoms with Gasteiger partial charge in [0.1, 0.15) is 5.69 Å². The van der Waals surface area contributed by atoms with E-state index in [1.165, 1.54) is 12.8 Å². The number of aromatic nitrogens is 5. The molecule has 1 fully saturated rings. The second kappa shape index (κ2) is 5.12. The fourth-order valence-electron chi connectivity index (χ4n) is 3.29. The lowest BCUT2D eigenvalue weighted by Crippen LogP contribution is -2.22. The van der Waals surface area contributed by atoms with Gasteiger partial charge in [-0.25, -0.2) is 0 Å². The first-order valence-corrected chi connectivity index (χ1v) is 7.90. The molecule has 114 valence electrons.